The number of amides is 2. The van der Waals surface area contributed by atoms with Crippen molar-refractivity contribution >= 4 is 54.4 Å². The van der Waals surface area contributed by atoms with Crippen molar-refractivity contribution in [2.75, 3.05) is 6.61 Å². The third-order valence-corrected chi connectivity index (χ3v) is 9.01. The van der Waals surface area contributed by atoms with Crippen LogP contribution in [-0.4, -0.2) is 35.4 Å². The largest absolute Gasteiger partial charge is 0.483 e. The Morgan fingerprint density at radius 1 is 0.829 bits per heavy atom. The number of ether oxygens (including phenoxy) is 1. The van der Waals surface area contributed by atoms with Crippen LogP contribution in [0, 0.1) is 0 Å². The highest BCUT2D eigenvalue weighted by Gasteiger charge is 2.32. The Morgan fingerprint density at radius 2 is 1.54 bits per heavy atom. The zero-order valence-electron chi connectivity index (χ0n) is 22.9. The summed E-state index contributed by atoms with van der Waals surface area (Å²) in [5.41, 5.74) is 1.94. The highest BCUT2D eigenvalue weighted by Crippen LogP contribution is 2.33. The molecule has 7 heteroatoms. The van der Waals surface area contributed by atoms with Crippen LogP contribution in [0.2, 0.25) is 0 Å². The summed E-state index contributed by atoms with van der Waals surface area (Å²) in [5, 5.41) is 5.38. The molecule has 0 aromatic heterocycles. The van der Waals surface area contributed by atoms with Gasteiger partial charge in [0.25, 0.3) is 5.91 Å². The van der Waals surface area contributed by atoms with Crippen molar-refractivity contribution in [3.05, 3.63) is 111 Å². The van der Waals surface area contributed by atoms with E-state index in [4.69, 9.17) is 4.74 Å². The zero-order chi connectivity index (χ0) is 28.6. The number of hydrogen-bond acceptors (Lipinski definition) is 3. The molecule has 0 saturated heterocycles. The van der Waals surface area contributed by atoms with Gasteiger partial charge in [-0.15, -0.1) is 0 Å². The average Bonchev–Trinajstić information content (AvgIpc) is 3.00. The number of rotatable bonds is 10. The van der Waals surface area contributed by atoms with Crippen molar-refractivity contribution in [1.82, 2.24) is 10.2 Å². The van der Waals surface area contributed by atoms with Crippen LogP contribution in [0.4, 0.5) is 0 Å². The summed E-state index contributed by atoms with van der Waals surface area (Å²) in [5.74, 6) is 0.234. The molecule has 0 unspecified atom stereocenters. The first-order chi connectivity index (χ1) is 20.0. The second kappa shape index (κ2) is 14.1. The van der Waals surface area contributed by atoms with Crippen LogP contribution in [-0.2, 0) is 22.6 Å². The minimum atomic E-state index is -0.681. The number of carbonyl (C=O) groups is 2. The molecule has 1 saturated carbocycles. The predicted octanol–water partition coefficient (Wildman–Crippen LogP) is 7.83. The third kappa shape index (κ3) is 7.77. The van der Waals surface area contributed by atoms with Gasteiger partial charge in [0, 0.05) is 23.5 Å². The van der Waals surface area contributed by atoms with Crippen LogP contribution < -0.4 is 10.1 Å². The highest BCUT2D eigenvalue weighted by atomic mass is 79.9. The lowest BCUT2D eigenvalue weighted by atomic mass is 9.94. The first kappa shape index (κ1) is 29.3. The van der Waals surface area contributed by atoms with Gasteiger partial charge in [0.2, 0.25) is 5.91 Å². The molecule has 1 aliphatic carbocycles. The van der Waals surface area contributed by atoms with E-state index >= 15 is 0 Å². The van der Waals surface area contributed by atoms with E-state index in [9.17, 15) is 9.59 Å². The second-order valence-electron chi connectivity index (χ2n) is 10.6. The molecule has 1 aliphatic rings. The molecular weight excluding hydrogens is 644 g/mol. The number of fused-ring (bicyclic) bond motifs is 1. The summed E-state index contributed by atoms with van der Waals surface area (Å²) in [6.07, 6.45) is 5.80. The summed E-state index contributed by atoms with van der Waals surface area (Å²) in [6.45, 7) is 0.111. The van der Waals surface area contributed by atoms with Gasteiger partial charge in [-0.2, -0.15) is 0 Å². The number of benzene rings is 4. The van der Waals surface area contributed by atoms with E-state index < -0.39 is 6.04 Å². The predicted molar refractivity (Wildman–Crippen MR) is 171 cm³/mol. The molecule has 1 atom stereocenters. The van der Waals surface area contributed by atoms with Gasteiger partial charge < -0.3 is 15.0 Å². The van der Waals surface area contributed by atoms with Crippen LogP contribution in [0.3, 0.4) is 0 Å². The second-order valence-corrected chi connectivity index (χ2v) is 12.3. The minimum Gasteiger partial charge on any atom is -0.483 e. The fourth-order valence-electron chi connectivity index (χ4n) is 5.43. The van der Waals surface area contributed by atoms with Gasteiger partial charge >= 0.3 is 0 Å². The van der Waals surface area contributed by atoms with Crippen molar-refractivity contribution < 1.29 is 14.3 Å². The molecule has 2 amide bonds. The van der Waals surface area contributed by atoms with Gasteiger partial charge in [0.05, 0.1) is 4.47 Å². The molecule has 5 rings (SSSR count). The van der Waals surface area contributed by atoms with Crippen molar-refractivity contribution in [3.63, 3.8) is 0 Å². The van der Waals surface area contributed by atoms with E-state index in [2.05, 4.69) is 37.2 Å². The minimum absolute atomic E-state index is 0.113. The molecule has 0 aliphatic heterocycles. The molecule has 0 radical (unpaired) electrons. The Kier molecular flexibility index (Phi) is 10.1. The van der Waals surface area contributed by atoms with Crippen molar-refractivity contribution in [3.8, 4) is 5.75 Å². The molecule has 5 nitrogen and oxygen atoms in total. The van der Waals surface area contributed by atoms with E-state index in [1.807, 2.05) is 91.0 Å². The average molecular weight is 678 g/mol. The van der Waals surface area contributed by atoms with Crippen molar-refractivity contribution in [1.29, 1.82) is 0 Å². The van der Waals surface area contributed by atoms with Gasteiger partial charge in [-0.3, -0.25) is 9.59 Å². The molecule has 212 valence electrons. The Hall–Kier alpha value is -3.16. The van der Waals surface area contributed by atoms with E-state index in [0.29, 0.717) is 18.7 Å². The van der Waals surface area contributed by atoms with E-state index in [-0.39, 0.29) is 24.5 Å². The Labute approximate surface area is 258 Å². The highest BCUT2D eigenvalue weighted by molar-refractivity contribution is 9.11. The molecular formula is C34H34Br2N2O3. The number of hydrogen-bond donors (Lipinski definition) is 1. The lowest BCUT2D eigenvalue weighted by Crippen LogP contribution is -2.53. The summed E-state index contributed by atoms with van der Waals surface area (Å²) < 4.78 is 7.86. The van der Waals surface area contributed by atoms with Crippen molar-refractivity contribution in [2.24, 2.45) is 0 Å². The Bertz CT molecular complexity index is 1470. The first-order valence-corrected chi connectivity index (χ1v) is 15.7. The van der Waals surface area contributed by atoms with Crippen molar-refractivity contribution in [2.45, 2.75) is 57.2 Å². The first-order valence-electron chi connectivity index (χ1n) is 14.2. The topological polar surface area (TPSA) is 58.6 Å². The lowest BCUT2D eigenvalue weighted by molar-refractivity contribution is -0.143. The number of halogens is 2. The van der Waals surface area contributed by atoms with Crippen LogP contribution >= 0.6 is 31.9 Å². The Morgan fingerprint density at radius 3 is 2.29 bits per heavy atom. The zero-order valence-corrected chi connectivity index (χ0v) is 26.1. The van der Waals surface area contributed by atoms with Gasteiger partial charge in [-0.1, -0.05) is 108 Å². The summed E-state index contributed by atoms with van der Waals surface area (Å²) in [7, 11) is 0. The fraction of sp³-hybridized carbons (Fsp3) is 0.294. The molecule has 4 aromatic carbocycles. The van der Waals surface area contributed by atoms with E-state index in [0.717, 1.165) is 56.5 Å². The Balaban J connectivity index is 1.42. The number of nitrogens with zero attached hydrogens (tertiary/aromatic N) is 1. The maximum absolute atomic E-state index is 14.0. The van der Waals surface area contributed by atoms with Gasteiger partial charge in [0.15, 0.2) is 6.61 Å². The SMILES string of the molecule is O=C(NC1CCCCC1)[C@H](Cc1ccccc1)N(Cc1ccc(Br)cc1)C(=O)COc1ccc2ccccc2c1Br. The van der Waals surface area contributed by atoms with E-state index in [1.165, 1.54) is 6.42 Å². The molecule has 0 heterocycles. The van der Waals surface area contributed by atoms with E-state index in [1.54, 1.807) is 4.90 Å². The molecule has 41 heavy (non-hydrogen) atoms. The maximum Gasteiger partial charge on any atom is 0.261 e. The smallest absolute Gasteiger partial charge is 0.261 e. The fourth-order valence-corrected chi connectivity index (χ4v) is 6.30. The lowest BCUT2D eigenvalue weighted by Gasteiger charge is -2.33. The van der Waals surface area contributed by atoms with Crippen LogP contribution in [0.25, 0.3) is 10.8 Å². The van der Waals surface area contributed by atoms with Gasteiger partial charge in [-0.05, 0) is 68.9 Å². The van der Waals surface area contributed by atoms with Gasteiger partial charge in [0.1, 0.15) is 11.8 Å². The molecule has 4 aromatic rings. The number of nitrogens with one attached hydrogen (secondary N) is 1. The normalized spacial score (nSPS) is 14.4. The molecule has 0 spiro atoms. The number of carbonyl (C=O) groups excluding carboxylic acids is 2. The molecule has 1 fully saturated rings. The van der Waals surface area contributed by atoms with Crippen LogP contribution in [0.1, 0.15) is 43.2 Å². The summed E-state index contributed by atoms with van der Waals surface area (Å²) in [4.78, 5) is 29.6. The van der Waals surface area contributed by atoms with Gasteiger partial charge in [-0.25, -0.2) is 0 Å². The molecule has 0 bridgehead atoms. The standard InChI is InChI=1S/C34H34Br2N2O3/c35-27-18-15-25(16-19-27)22-38(32(39)23-41-31-20-17-26-11-7-8-14-29(26)33(31)36)30(21-24-9-3-1-4-10-24)34(40)37-28-12-5-2-6-13-28/h1,3-4,7-11,14-20,28,30H,2,5-6,12-13,21-23H2,(H,37,40)/t30-/m0/s1. The van der Waals surface area contributed by atoms with Crippen LogP contribution in [0.15, 0.2) is 99.9 Å². The third-order valence-electron chi connectivity index (χ3n) is 7.67. The monoisotopic (exact) mass is 676 g/mol. The molecule has 1 N–H and O–H groups in total. The van der Waals surface area contributed by atoms with Crippen LogP contribution in [0.5, 0.6) is 5.75 Å². The maximum atomic E-state index is 14.0. The summed E-state index contributed by atoms with van der Waals surface area (Å²) in [6, 6.07) is 29.1. The summed E-state index contributed by atoms with van der Waals surface area (Å²) >= 11 is 7.16. The quantitative estimate of drug-likeness (QED) is 0.186.